The third-order valence-electron chi connectivity index (χ3n) is 3.70. The molecule has 0 aliphatic rings. The predicted molar refractivity (Wildman–Crippen MR) is 94.0 cm³/mol. The molecule has 6 nitrogen and oxygen atoms in total. The van der Waals surface area contributed by atoms with Crippen LogP contribution < -0.4 is 10.6 Å². The largest absolute Gasteiger partial charge is 0.351 e. The number of amides is 1. The maximum Gasteiger partial charge on any atom is 0.234 e. The maximum atomic E-state index is 10.5. The summed E-state index contributed by atoms with van der Waals surface area (Å²) in [5.41, 5.74) is 1.44. The van der Waals surface area contributed by atoms with Crippen LogP contribution >= 0.6 is 11.3 Å². The van der Waals surface area contributed by atoms with E-state index in [1.807, 2.05) is 11.3 Å². The van der Waals surface area contributed by atoms with Gasteiger partial charge in [-0.2, -0.15) is 15.0 Å². The van der Waals surface area contributed by atoms with E-state index in [1.54, 1.807) is 6.92 Å². The van der Waals surface area contributed by atoms with Crippen LogP contribution in [0.1, 0.15) is 43.0 Å². The zero-order chi connectivity index (χ0) is 16.7. The van der Waals surface area contributed by atoms with Gasteiger partial charge in [-0.1, -0.05) is 13.8 Å². The minimum Gasteiger partial charge on any atom is -0.351 e. The summed E-state index contributed by atoms with van der Waals surface area (Å²) in [6.45, 7) is 6.12. The van der Waals surface area contributed by atoms with Crippen LogP contribution in [0.25, 0.3) is 0 Å². The van der Waals surface area contributed by atoms with E-state index in [9.17, 15) is 4.79 Å². The first-order chi connectivity index (χ1) is 11.2. The lowest BCUT2D eigenvalue weighted by Crippen LogP contribution is -2.21. The highest BCUT2D eigenvalue weighted by atomic mass is 32.1. The number of aromatic nitrogens is 3. The van der Waals surface area contributed by atoms with Gasteiger partial charge in [0.2, 0.25) is 18.3 Å². The SMILES string of the molecule is CCc1ccsc1CCC(CC)Nc1nc(C)nc(NC=O)n1. The Bertz CT molecular complexity index is 643. The fraction of sp³-hybridized carbons (Fsp3) is 0.500. The van der Waals surface area contributed by atoms with Gasteiger partial charge in [0.05, 0.1) is 0 Å². The number of aryl methyl sites for hydroxylation is 3. The van der Waals surface area contributed by atoms with Crippen molar-refractivity contribution in [1.29, 1.82) is 0 Å². The molecule has 2 rings (SSSR count). The minimum absolute atomic E-state index is 0.274. The standard InChI is InChI=1S/C16H23N5OS/c1-4-12-8-9-23-14(12)7-6-13(5-2)20-16-19-11(3)18-15(21-16)17-10-22/h8-10,13H,4-7H2,1-3H3,(H2,17,18,19,20,21,22). The summed E-state index contributed by atoms with van der Waals surface area (Å²) in [5.74, 6) is 1.36. The molecule has 0 aliphatic heterocycles. The van der Waals surface area contributed by atoms with Crippen LogP contribution in [0.5, 0.6) is 0 Å². The van der Waals surface area contributed by atoms with Gasteiger partial charge < -0.3 is 5.32 Å². The molecule has 0 spiro atoms. The zero-order valence-electron chi connectivity index (χ0n) is 13.8. The number of anilines is 2. The maximum absolute atomic E-state index is 10.5. The number of rotatable bonds is 9. The number of carbonyl (C=O) groups is 1. The highest BCUT2D eigenvalue weighted by molar-refractivity contribution is 7.10. The molecule has 124 valence electrons. The third kappa shape index (κ3) is 4.99. The summed E-state index contributed by atoms with van der Waals surface area (Å²) in [6.07, 6.45) is 4.70. The molecule has 23 heavy (non-hydrogen) atoms. The van der Waals surface area contributed by atoms with E-state index in [4.69, 9.17) is 0 Å². The van der Waals surface area contributed by atoms with Crippen molar-refractivity contribution in [3.05, 3.63) is 27.7 Å². The van der Waals surface area contributed by atoms with Gasteiger partial charge in [0.1, 0.15) is 5.82 Å². The Labute approximate surface area is 140 Å². The van der Waals surface area contributed by atoms with Gasteiger partial charge in [-0.15, -0.1) is 11.3 Å². The van der Waals surface area contributed by atoms with Crippen molar-refractivity contribution in [2.75, 3.05) is 10.6 Å². The minimum atomic E-state index is 0.274. The number of nitrogens with one attached hydrogen (secondary N) is 2. The van der Waals surface area contributed by atoms with E-state index in [-0.39, 0.29) is 12.0 Å². The van der Waals surface area contributed by atoms with E-state index >= 15 is 0 Å². The first-order valence-corrected chi connectivity index (χ1v) is 8.78. The van der Waals surface area contributed by atoms with Crippen molar-refractivity contribution in [3.63, 3.8) is 0 Å². The third-order valence-corrected chi connectivity index (χ3v) is 4.72. The molecular formula is C16H23N5OS. The lowest BCUT2D eigenvalue weighted by Gasteiger charge is -2.17. The van der Waals surface area contributed by atoms with Gasteiger partial charge in [0.25, 0.3) is 0 Å². The first-order valence-electron chi connectivity index (χ1n) is 7.90. The van der Waals surface area contributed by atoms with Crippen LogP contribution in [-0.2, 0) is 17.6 Å². The molecular weight excluding hydrogens is 310 g/mol. The Balaban J connectivity index is 2.00. The van der Waals surface area contributed by atoms with Crippen LogP contribution in [0.4, 0.5) is 11.9 Å². The second-order valence-corrected chi connectivity index (χ2v) is 6.30. The number of nitrogens with zero attached hydrogens (tertiary/aromatic N) is 3. The monoisotopic (exact) mass is 333 g/mol. The Kier molecular flexibility index (Phi) is 6.46. The molecule has 0 bridgehead atoms. The van der Waals surface area contributed by atoms with E-state index in [0.29, 0.717) is 18.2 Å². The fourth-order valence-corrected chi connectivity index (χ4v) is 3.43. The van der Waals surface area contributed by atoms with Crippen molar-refractivity contribution in [1.82, 2.24) is 15.0 Å². The molecule has 0 aliphatic carbocycles. The number of thiophene rings is 1. The lowest BCUT2D eigenvalue weighted by atomic mass is 10.1. The van der Waals surface area contributed by atoms with Gasteiger partial charge in [-0.05, 0) is 49.6 Å². The van der Waals surface area contributed by atoms with E-state index in [0.717, 1.165) is 25.7 Å². The van der Waals surface area contributed by atoms with Crippen LogP contribution in [0.2, 0.25) is 0 Å². The second-order valence-electron chi connectivity index (χ2n) is 5.30. The molecule has 0 saturated heterocycles. The van der Waals surface area contributed by atoms with Crippen LogP contribution in [0.3, 0.4) is 0 Å². The highest BCUT2D eigenvalue weighted by Crippen LogP contribution is 2.21. The summed E-state index contributed by atoms with van der Waals surface area (Å²) in [5, 5.41) is 7.99. The molecule has 7 heteroatoms. The van der Waals surface area contributed by atoms with Crippen molar-refractivity contribution < 1.29 is 4.79 Å². The van der Waals surface area contributed by atoms with E-state index in [1.165, 1.54) is 10.4 Å². The average molecular weight is 333 g/mol. The first kappa shape index (κ1) is 17.3. The molecule has 0 fully saturated rings. The smallest absolute Gasteiger partial charge is 0.234 e. The fourth-order valence-electron chi connectivity index (χ4n) is 2.43. The van der Waals surface area contributed by atoms with Gasteiger partial charge in [-0.25, -0.2) is 0 Å². The average Bonchev–Trinajstić information content (AvgIpc) is 2.98. The Hall–Kier alpha value is -2.02. The van der Waals surface area contributed by atoms with Gasteiger partial charge in [0, 0.05) is 10.9 Å². The molecule has 0 saturated carbocycles. The topological polar surface area (TPSA) is 79.8 Å². The highest BCUT2D eigenvalue weighted by Gasteiger charge is 2.12. The molecule has 0 radical (unpaired) electrons. The molecule has 2 aromatic heterocycles. The van der Waals surface area contributed by atoms with Crippen molar-refractivity contribution in [3.8, 4) is 0 Å². The lowest BCUT2D eigenvalue weighted by molar-refractivity contribution is -0.105. The van der Waals surface area contributed by atoms with E-state index < -0.39 is 0 Å². The van der Waals surface area contributed by atoms with Crippen molar-refractivity contribution in [2.45, 2.75) is 52.5 Å². The molecule has 0 aromatic carbocycles. The summed E-state index contributed by atoms with van der Waals surface area (Å²) >= 11 is 1.83. The van der Waals surface area contributed by atoms with Crippen LogP contribution in [-0.4, -0.2) is 27.4 Å². The van der Waals surface area contributed by atoms with Crippen LogP contribution in [0, 0.1) is 6.92 Å². The Morgan fingerprint density at radius 2 is 2.04 bits per heavy atom. The Morgan fingerprint density at radius 3 is 2.74 bits per heavy atom. The molecule has 2 N–H and O–H groups in total. The normalized spacial score (nSPS) is 12.0. The zero-order valence-corrected chi connectivity index (χ0v) is 14.6. The van der Waals surface area contributed by atoms with Gasteiger partial charge >= 0.3 is 0 Å². The molecule has 1 unspecified atom stereocenters. The summed E-state index contributed by atoms with van der Waals surface area (Å²) in [7, 11) is 0. The summed E-state index contributed by atoms with van der Waals surface area (Å²) < 4.78 is 0. The van der Waals surface area contributed by atoms with Crippen molar-refractivity contribution in [2.24, 2.45) is 0 Å². The predicted octanol–water partition coefficient (Wildman–Crippen LogP) is 3.20. The second kappa shape index (κ2) is 8.57. The van der Waals surface area contributed by atoms with Gasteiger partial charge in [-0.3, -0.25) is 10.1 Å². The molecule has 2 heterocycles. The molecule has 2 aromatic rings. The number of carbonyl (C=O) groups excluding carboxylic acids is 1. The number of hydrogen-bond acceptors (Lipinski definition) is 6. The number of hydrogen-bond donors (Lipinski definition) is 2. The quantitative estimate of drug-likeness (QED) is 0.689. The summed E-state index contributed by atoms with van der Waals surface area (Å²) in [6, 6.07) is 2.49. The molecule has 1 amide bonds. The van der Waals surface area contributed by atoms with E-state index in [2.05, 4.69) is 50.9 Å². The van der Waals surface area contributed by atoms with Crippen molar-refractivity contribution >= 4 is 29.6 Å². The van der Waals surface area contributed by atoms with Gasteiger partial charge in [0.15, 0.2) is 0 Å². The molecule has 1 atom stereocenters. The summed E-state index contributed by atoms with van der Waals surface area (Å²) in [4.78, 5) is 24.6. The van der Waals surface area contributed by atoms with Crippen LogP contribution in [0.15, 0.2) is 11.4 Å². The Morgan fingerprint density at radius 1 is 1.26 bits per heavy atom.